The first-order chi connectivity index (χ1) is 9.65. The van der Waals surface area contributed by atoms with Gasteiger partial charge in [-0.3, -0.25) is 4.79 Å². The number of halogens is 6. The van der Waals surface area contributed by atoms with Gasteiger partial charge in [-0.25, -0.2) is 13.8 Å². The van der Waals surface area contributed by atoms with Gasteiger partial charge in [-0.1, -0.05) is 0 Å². The Hall–Kier alpha value is -1.20. The highest BCUT2D eigenvalue weighted by molar-refractivity contribution is 14.1. The maximum absolute atomic E-state index is 12.9. The van der Waals surface area contributed by atoms with E-state index in [0.29, 0.717) is 0 Å². The molecule has 0 saturated heterocycles. The predicted octanol–water partition coefficient (Wildman–Crippen LogP) is 3.63. The summed E-state index contributed by atoms with van der Waals surface area (Å²) in [4.78, 5) is 14.5. The highest BCUT2D eigenvalue weighted by atomic mass is 127. The number of pyridine rings is 1. The lowest BCUT2D eigenvalue weighted by molar-refractivity contribution is -0.276. The number of hydrogen-bond donors (Lipinski definition) is 0. The van der Waals surface area contributed by atoms with E-state index in [2.05, 4.69) is 14.5 Å². The first-order valence-corrected chi connectivity index (χ1v) is 6.60. The molecule has 0 N–H and O–H groups in total. The average molecular weight is 425 g/mol. The van der Waals surface area contributed by atoms with E-state index >= 15 is 0 Å². The lowest BCUT2D eigenvalue weighted by atomic mass is 10.1. The molecule has 0 aliphatic rings. The van der Waals surface area contributed by atoms with E-state index in [1.165, 1.54) is 22.6 Å². The van der Waals surface area contributed by atoms with Crippen LogP contribution >= 0.6 is 22.6 Å². The number of nitrogens with zero attached hydrogens (tertiary/aromatic N) is 1. The Kier molecular flexibility index (Phi) is 6.10. The molecule has 1 aromatic rings. The van der Waals surface area contributed by atoms with E-state index in [9.17, 15) is 26.7 Å². The summed E-state index contributed by atoms with van der Waals surface area (Å²) >= 11 is 1.42. The number of hydrogen-bond acceptors (Lipinski definition) is 4. The SMILES string of the molecule is CCOC(=O)Cc1cnc(OC(F)(F)F)c(C(F)F)c1I. The molecule has 1 heterocycles. The highest BCUT2D eigenvalue weighted by Crippen LogP contribution is 2.36. The second kappa shape index (κ2) is 7.18. The van der Waals surface area contributed by atoms with Crippen LogP contribution in [0.15, 0.2) is 6.20 Å². The van der Waals surface area contributed by atoms with Crippen molar-refractivity contribution in [3.63, 3.8) is 0 Å². The standard InChI is InChI=1S/C11H9F5INO3/c1-2-20-6(19)3-5-4-18-10(21-11(14,15)16)7(8(5)17)9(12)13/h4,9H,2-3H2,1H3. The van der Waals surface area contributed by atoms with Crippen molar-refractivity contribution in [2.75, 3.05) is 6.61 Å². The summed E-state index contributed by atoms with van der Waals surface area (Å²) in [7, 11) is 0. The third kappa shape index (κ3) is 5.25. The molecule has 0 fully saturated rings. The third-order valence-corrected chi connectivity index (χ3v) is 3.43. The summed E-state index contributed by atoms with van der Waals surface area (Å²) in [6.45, 7) is 1.66. The topological polar surface area (TPSA) is 48.4 Å². The maximum atomic E-state index is 12.9. The molecule has 4 nitrogen and oxygen atoms in total. The molecule has 0 aliphatic heterocycles. The Labute approximate surface area is 129 Å². The van der Waals surface area contributed by atoms with Gasteiger partial charge in [0.25, 0.3) is 6.43 Å². The smallest absolute Gasteiger partial charge is 0.466 e. The number of carbonyl (C=O) groups is 1. The molecule has 0 saturated carbocycles. The fraction of sp³-hybridized carbons (Fsp3) is 0.455. The molecule has 0 spiro atoms. The van der Waals surface area contributed by atoms with Crippen LogP contribution < -0.4 is 4.74 Å². The van der Waals surface area contributed by atoms with Gasteiger partial charge in [-0.15, -0.1) is 13.2 Å². The van der Waals surface area contributed by atoms with Crippen LogP contribution in [0.3, 0.4) is 0 Å². The molecular formula is C11H9F5INO3. The number of aromatic nitrogens is 1. The van der Waals surface area contributed by atoms with Crippen LogP contribution in [0.4, 0.5) is 22.0 Å². The van der Waals surface area contributed by atoms with Crippen LogP contribution in [0, 0.1) is 3.57 Å². The minimum absolute atomic E-state index is 0.0406. The van der Waals surface area contributed by atoms with Gasteiger partial charge >= 0.3 is 12.3 Å². The Bertz CT molecular complexity index is 521. The molecule has 0 unspecified atom stereocenters. The molecule has 0 radical (unpaired) electrons. The van der Waals surface area contributed by atoms with Crippen LogP contribution in [-0.2, 0) is 16.0 Å². The van der Waals surface area contributed by atoms with Gasteiger partial charge in [0.15, 0.2) is 0 Å². The zero-order valence-corrected chi connectivity index (χ0v) is 12.7. The monoisotopic (exact) mass is 425 g/mol. The number of esters is 1. The highest BCUT2D eigenvalue weighted by Gasteiger charge is 2.35. The number of rotatable bonds is 5. The Morgan fingerprint density at radius 1 is 1.43 bits per heavy atom. The van der Waals surface area contributed by atoms with Gasteiger partial charge in [0.2, 0.25) is 5.88 Å². The molecule has 21 heavy (non-hydrogen) atoms. The van der Waals surface area contributed by atoms with Crippen LogP contribution in [0.5, 0.6) is 5.88 Å². The van der Waals surface area contributed by atoms with Crippen LogP contribution in [-0.4, -0.2) is 23.9 Å². The second-order valence-electron chi connectivity index (χ2n) is 3.65. The zero-order valence-electron chi connectivity index (χ0n) is 10.5. The van der Waals surface area contributed by atoms with E-state index in [0.717, 1.165) is 6.20 Å². The normalized spacial score (nSPS) is 11.6. The van der Waals surface area contributed by atoms with Crippen LogP contribution in [0.1, 0.15) is 24.5 Å². The minimum atomic E-state index is -5.14. The van der Waals surface area contributed by atoms with Gasteiger partial charge in [0.05, 0.1) is 18.6 Å². The molecule has 1 rings (SSSR count). The van der Waals surface area contributed by atoms with Crippen molar-refractivity contribution in [3.8, 4) is 5.88 Å². The molecule has 1 aromatic heterocycles. The zero-order chi connectivity index (χ0) is 16.2. The lowest BCUT2D eigenvalue weighted by Gasteiger charge is -2.15. The third-order valence-electron chi connectivity index (χ3n) is 2.16. The van der Waals surface area contributed by atoms with Gasteiger partial charge in [0.1, 0.15) is 0 Å². The van der Waals surface area contributed by atoms with E-state index in [4.69, 9.17) is 0 Å². The van der Waals surface area contributed by atoms with Crippen molar-refractivity contribution >= 4 is 28.6 Å². The summed E-state index contributed by atoms with van der Waals surface area (Å²) in [5.74, 6) is -1.92. The fourth-order valence-electron chi connectivity index (χ4n) is 1.40. The summed E-state index contributed by atoms with van der Waals surface area (Å²) < 4.78 is 70.2. The fourth-order valence-corrected chi connectivity index (χ4v) is 2.20. The summed E-state index contributed by atoms with van der Waals surface area (Å²) in [6.07, 6.45) is -7.86. The first kappa shape index (κ1) is 17.9. The second-order valence-corrected chi connectivity index (χ2v) is 4.73. The first-order valence-electron chi connectivity index (χ1n) is 5.52. The largest absolute Gasteiger partial charge is 0.574 e. The van der Waals surface area contributed by atoms with E-state index in [-0.39, 0.29) is 22.2 Å². The Balaban J connectivity index is 3.16. The van der Waals surface area contributed by atoms with E-state index in [1.54, 1.807) is 6.92 Å². The van der Waals surface area contributed by atoms with E-state index in [1.807, 2.05) is 0 Å². The molecule has 0 atom stereocenters. The number of ether oxygens (including phenoxy) is 2. The van der Waals surface area contributed by atoms with Crippen molar-refractivity contribution in [1.29, 1.82) is 0 Å². The molecule has 118 valence electrons. The van der Waals surface area contributed by atoms with Gasteiger partial charge in [-0.2, -0.15) is 0 Å². The van der Waals surface area contributed by atoms with Crippen molar-refractivity contribution in [2.45, 2.75) is 26.1 Å². The van der Waals surface area contributed by atoms with Crippen LogP contribution in [0.2, 0.25) is 0 Å². The van der Waals surface area contributed by atoms with Crippen molar-refractivity contribution in [2.24, 2.45) is 0 Å². The minimum Gasteiger partial charge on any atom is -0.466 e. The number of alkyl halides is 5. The van der Waals surface area contributed by atoms with Gasteiger partial charge in [0, 0.05) is 9.77 Å². The molecule has 0 aliphatic carbocycles. The Morgan fingerprint density at radius 3 is 2.52 bits per heavy atom. The molecule has 0 aromatic carbocycles. The van der Waals surface area contributed by atoms with Gasteiger partial charge in [-0.05, 0) is 35.1 Å². The van der Waals surface area contributed by atoms with Crippen molar-refractivity contribution in [1.82, 2.24) is 4.98 Å². The summed E-state index contributed by atoms with van der Waals surface area (Å²) in [5.41, 5.74) is -0.964. The molecule has 0 amide bonds. The molecule has 0 bridgehead atoms. The van der Waals surface area contributed by atoms with Gasteiger partial charge < -0.3 is 9.47 Å². The maximum Gasteiger partial charge on any atom is 0.574 e. The Morgan fingerprint density at radius 2 is 2.05 bits per heavy atom. The quantitative estimate of drug-likeness (QED) is 0.411. The molecule has 10 heteroatoms. The lowest BCUT2D eigenvalue weighted by Crippen LogP contribution is -2.20. The predicted molar refractivity (Wildman–Crippen MR) is 68.9 cm³/mol. The molecular weight excluding hydrogens is 416 g/mol. The average Bonchev–Trinajstić information content (AvgIpc) is 2.30. The van der Waals surface area contributed by atoms with Crippen molar-refractivity contribution in [3.05, 3.63) is 20.9 Å². The number of carbonyl (C=O) groups excluding carboxylic acids is 1. The summed E-state index contributed by atoms with van der Waals surface area (Å²) in [6, 6.07) is 0. The van der Waals surface area contributed by atoms with Crippen molar-refractivity contribution < 1.29 is 36.2 Å². The van der Waals surface area contributed by atoms with E-state index < -0.39 is 30.2 Å². The summed E-state index contributed by atoms with van der Waals surface area (Å²) in [5, 5.41) is 0. The van der Waals surface area contributed by atoms with Crippen LogP contribution in [0.25, 0.3) is 0 Å².